The van der Waals surface area contributed by atoms with E-state index in [1.54, 1.807) is 24.4 Å². The standard InChI is InChI=1S/C12H15ClN2O2/c1-8(2)7-14-15-12(16)10-6-9(13)4-5-11(10)17-3/h4-8H,1-3H3,(H,15,16). The number of carbonyl (C=O) groups is 1. The lowest BCUT2D eigenvalue weighted by atomic mass is 10.2. The minimum absolute atomic E-state index is 0.275. The summed E-state index contributed by atoms with van der Waals surface area (Å²) in [6.07, 6.45) is 1.65. The van der Waals surface area contributed by atoms with Gasteiger partial charge in [-0.2, -0.15) is 5.10 Å². The van der Waals surface area contributed by atoms with E-state index >= 15 is 0 Å². The lowest BCUT2D eigenvalue weighted by molar-refractivity contribution is 0.0952. The Labute approximate surface area is 106 Å². The fourth-order valence-electron chi connectivity index (χ4n) is 1.16. The summed E-state index contributed by atoms with van der Waals surface area (Å²) in [5.74, 6) is 0.393. The summed E-state index contributed by atoms with van der Waals surface area (Å²) in [5.41, 5.74) is 2.79. The number of hydrogen-bond donors (Lipinski definition) is 1. The lowest BCUT2D eigenvalue weighted by Gasteiger charge is -2.07. The van der Waals surface area contributed by atoms with Gasteiger partial charge in [-0.1, -0.05) is 25.4 Å². The Balaban J connectivity index is 2.84. The zero-order valence-electron chi connectivity index (χ0n) is 10.0. The predicted molar refractivity (Wildman–Crippen MR) is 68.8 cm³/mol. The van der Waals surface area contributed by atoms with E-state index in [0.717, 1.165) is 0 Å². The lowest BCUT2D eigenvalue weighted by Crippen LogP contribution is -2.18. The molecule has 0 unspecified atom stereocenters. The van der Waals surface area contributed by atoms with Crippen LogP contribution in [-0.2, 0) is 0 Å². The van der Waals surface area contributed by atoms with Crippen LogP contribution in [0, 0.1) is 5.92 Å². The number of carbonyl (C=O) groups excluding carboxylic acids is 1. The van der Waals surface area contributed by atoms with E-state index in [4.69, 9.17) is 16.3 Å². The molecule has 1 aromatic rings. The highest BCUT2D eigenvalue weighted by Crippen LogP contribution is 2.22. The average molecular weight is 255 g/mol. The number of hydrogen-bond acceptors (Lipinski definition) is 3. The maximum absolute atomic E-state index is 11.8. The maximum atomic E-state index is 11.8. The molecule has 0 aliphatic carbocycles. The first-order valence-electron chi connectivity index (χ1n) is 5.21. The van der Waals surface area contributed by atoms with Crippen LogP contribution in [0.5, 0.6) is 5.75 Å². The van der Waals surface area contributed by atoms with Crippen LogP contribution in [0.4, 0.5) is 0 Å². The molecule has 0 bridgehead atoms. The molecule has 0 aliphatic rings. The molecule has 1 amide bonds. The molecule has 4 nitrogen and oxygen atoms in total. The van der Waals surface area contributed by atoms with Gasteiger partial charge in [0.15, 0.2) is 0 Å². The molecular weight excluding hydrogens is 240 g/mol. The van der Waals surface area contributed by atoms with E-state index < -0.39 is 0 Å². The predicted octanol–water partition coefficient (Wildman–Crippen LogP) is 2.72. The van der Waals surface area contributed by atoms with E-state index in [1.807, 2.05) is 13.8 Å². The third kappa shape index (κ3) is 4.07. The molecule has 0 heterocycles. The second-order valence-electron chi connectivity index (χ2n) is 3.81. The second-order valence-corrected chi connectivity index (χ2v) is 4.24. The highest BCUT2D eigenvalue weighted by molar-refractivity contribution is 6.31. The summed E-state index contributed by atoms with van der Waals surface area (Å²) in [6.45, 7) is 3.94. The van der Waals surface area contributed by atoms with Crippen molar-refractivity contribution in [1.29, 1.82) is 0 Å². The highest BCUT2D eigenvalue weighted by Gasteiger charge is 2.11. The Morgan fingerprint density at radius 3 is 2.82 bits per heavy atom. The number of hydrazone groups is 1. The molecular formula is C12H15ClN2O2. The van der Waals surface area contributed by atoms with Crippen molar-refractivity contribution in [3.8, 4) is 5.75 Å². The number of halogens is 1. The number of rotatable bonds is 4. The summed E-state index contributed by atoms with van der Waals surface area (Å²) < 4.78 is 5.08. The third-order valence-corrected chi connectivity index (χ3v) is 2.18. The van der Waals surface area contributed by atoms with Crippen molar-refractivity contribution in [2.75, 3.05) is 7.11 Å². The first-order chi connectivity index (χ1) is 8.04. The molecule has 0 aromatic heterocycles. The third-order valence-electron chi connectivity index (χ3n) is 1.94. The Hall–Kier alpha value is -1.55. The summed E-state index contributed by atoms with van der Waals surface area (Å²) in [6, 6.07) is 4.85. The van der Waals surface area contributed by atoms with Crippen LogP contribution in [0.2, 0.25) is 5.02 Å². The molecule has 17 heavy (non-hydrogen) atoms. The number of amides is 1. The number of nitrogens with zero attached hydrogens (tertiary/aromatic N) is 1. The van der Waals surface area contributed by atoms with Gasteiger partial charge in [-0.15, -0.1) is 0 Å². The molecule has 0 saturated heterocycles. The normalized spacial score (nSPS) is 10.9. The maximum Gasteiger partial charge on any atom is 0.275 e. The monoisotopic (exact) mass is 254 g/mol. The number of ether oxygens (including phenoxy) is 1. The van der Waals surface area contributed by atoms with Crippen LogP contribution in [0.3, 0.4) is 0 Å². The zero-order chi connectivity index (χ0) is 12.8. The van der Waals surface area contributed by atoms with Gasteiger partial charge in [0.05, 0.1) is 12.7 Å². The number of methoxy groups -OCH3 is 1. The van der Waals surface area contributed by atoms with Crippen molar-refractivity contribution in [2.45, 2.75) is 13.8 Å². The second kappa shape index (κ2) is 6.25. The van der Waals surface area contributed by atoms with Gasteiger partial charge in [0.1, 0.15) is 5.75 Å². The van der Waals surface area contributed by atoms with Crippen LogP contribution < -0.4 is 10.2 Å². The van der Waals surface area contributed by atoms with E-state index in [9.17, 15) is 4.79 Å². The summed E-state index contributed by atoms with van der Waals surface area (Å²) in [4.78, 5) is 11.8. The molecule has 1 rings (SSSR count). The topological polar surface area (TPSA) is 50.7 Å². The van der Waals surface area contributed by atoms with Crippen molar-refractivity contribution in [2.24, 2.45) is 11.0 Å². The first-order valence-corrected chi connectivity index (χ1v) is 5.59. The van der Waals surface area contributed by atoms with Crippen molar-refractivity contribution in [1.82, 2.24) is 5.43 Å². The minimum Gasteiger partial charge on any atom is -0.496 e. The molecule has 1 N–H and O–H groups in total. The fourth-order valence-corrected chi connectivity index (χ4v) is 1.33. The molecule has 92 valence electrons. The van der Waals surface area contributed by atoms with Gasteiger partial charge in [-0.05, 0) is 24.1 Å². The summed E-state index contributed by atoms with van der Waals surface area (Å²) >= 11 is 5.83. The Morgan fingerprint density at radius 2 is 2.24 bits per heavy atom. The van der Waals surface area contributed by atoms with E-state index in [-0.39, 0.29) is 11.8 Å². The molecule has 0 atom stereocenters. The van der Waals surface area contributed by atoms with Crippen LogP contribution in [0.15, 0.2) is 23.3 Å². The molecule has 5 heteroatoms. The quantitative estimate of drug-likeness (QED) is 0.663. The Kier molecular flexibility index (Phi) is 4.97. The molecule has 0 saturated carbocycles. The first kappa shape index (κ1) is 13.5. The molecule has 0 radical (unpaired) electrons. The Bertz CT molecular complexity index is 431. The van der Waals surface area contributed by atoms with Gasteiger partial charge >= 0.3 is 0 Å². The average Bonchev–Trinajstić information content (AvgIpc) is 2.28. The van der Waals surface area contributed by atoms with Crippen molar-refractivity contribution < 1.29 is 9.53 Å². The van der Waals surface area contributed by atoms with Gasteiger partial charge in [0.25, 0.3) is 5.91 Å². The van der Waals surface area contributed by atoms with Crippen LogP contribution in [-0.4, -0.2) is 19.2 Å². The van der Waals surface area contributed by atoms with Gasteiger partial charge in [-0.25, -0.2) is 5.43 Å². The summed E-state index contributed by atoms with van der Waals surface area (Å²) in [7, 11) is 1.50. The number of nitrogens with one attached hydrogen (secondary N) is 1. The van der Waals surface area contributed by atoms with Crippen LogP contribution >= 0.6 is 11.6 Å². The van der Waals surface area contributed by atoms with Crippen LogP contribution in [0.1, 0.15) is 24.2 Å². The largest absolute Gasteiger partial charge is 0.496 e. The zero-order valence-corrected chi connectivity index (χ0v) is 10.8. The van der Waals surface area contributed by atoms with E-state index in [2.05, 4.69) is 10.5 Å². The molecule has 1 aromatic carbocycles. The van der Waals surface area contributed by atoms with Gasteiger partial charge < -0.3 is 4.74 Å². The van der Waals surface area contributed by atoms with Crippen molar-refractivity contribution in [3.05, 3.63) is 28.8 Å². The fraction of sp³-hybridized carbons (Fsp3) is 0.333. The SMILES string of the molecule is COc1ccc(Cl)cc1C(=O)NN=CC(C)C. The van der Waals surface area contributed by atoms with Crippen molar-refractivity contribution in [3.63, 3.8) is 0 Å². The molecule has 0 aliphatic heterocycles. The smallest absolute Gasteiger partial charge is 0.275 e. The minimum atomic E-state index is -0.346. The van der Waals surface area contributed by atoms with E-state index in [1.165, 1.54) is 7.11 Å². The summed E-state index contributed by atoms with van der Waals surface area (Å²) in [5, 5.41) is 4.30. The van der Waals surface area contributed by atoms with Gasteiger partial charge in [0.2, 0.25) is 0 Å². The van der Waals surface area contributed by atoms with E-state index in [0.29, 0.717) is 16.3 Å². The highest BCUT2D eigenvalue weighted by atomic mass is 35.5. The van der Waals surface area contributed by atoms with Gasteiger partial charge in [-0.3, -0.25) is 4.79 Å². The van der Waals surface area contributed by atoms with Crippen LogP contribution in [0.25, 0.3) is 0 Å². The molecule has 0 spiro atoms. The Morgan fingerprint density at radius 1 is 1.53 bits per heavy atom. The number of benzene rings is 1. The molecule has 0 fully saturated rings. The van der Waals surface area contributed by atoms with Gasteiger partial charge in [0, 0.05) is 11.2 Å². The van der Waals surface area contributed by atoms with Crippen molar-refractivity contribution >= 4 is 23.7 Å².